The van der Waals surface area contributed by atoms with Crippen LogP contribution < -0.4 is 0 Å². The van der Waals surface area contributed by atoms with Crippen molar-refractivity contribution in [2.75, 3.05) is 0 Å². The van der Waals surface area contributed by atoms with E-state index in [2.05, 4.69) is 5.73 Å². The Morgan fingerprint density at radius 1 is 1.23 bits per heavy atom. The maximum absolute atomic E-state index is 10.5. The lowest BCUT2D eigenvalue weighted by molar-refractivity contribution is -0.117. The predicted molar refractivity (Wildman–Crippen MR) is 52.5 cm³/mol. The summed E-state index contributed by atoms with van der Waals surface area (Å²) in [6, 6.07) is 0. The molecule has 0 aromatic carbocycles. The van der Waals surface area contributed by atoms with Crippen molar-refractivity contribution < 1.29 is 9.59 Å². The van der Waals surface area contributed by atoms with Crippen molar-refractivity contribution in [3.63, 3.8) is 0 Å². The van der Waals surface area contributed by atoms with Gasteiger partial charge in [0.1, 0.15) is 5.78 Å². The Labute approximate surface area is 79.3 Å². The Morgan fingerprint density at radius 3 is 2.46 bits per heavy atom. The third-order valence-corrected chi connectivity index (χ3v) is 1.53. The van der Waals surface area contributed by atoms with Crippen LogP contribution in [0.25, 0.3) is 0 Å². The Kier molecular flexibility index (Phi) is 6.85. The van der Waals surface area contributed by atoms with Crippen LogP contribution in [-0.2, 0) is 9.59 Å². The smallest absolute Gasteiger partial charge is 0.160 e. The SMILES string of the molecule is CC(=O)C=C=CCCCCC(C)=O. The van der Waals surface area contributed by atoms with Gasteiger partial charge >= 0.3 is 0 Å². The standard InChI is InChI=1S/C11H16O2/c1-10(12)8-6-4-3-5-7-9-11(2)13/h4,8H,3,5,7,9H2,1-2H3. The number of allylic oxidation sites excluding steroid dienone is 1. The van der Waals surface area contributed by atoms with Crippen LogP contribution in [0.4, 0.5) is 0 Å². The second-order valence-electron chi connectivity index (χ2n) is 3.07. The molecule has 0 aliphatic heterocycles. The van der Waals surface area contributed by atoms with Crippen LogP contribution in [0, 0.1) is 0 Å². The van der Waals surface area contributed by atoms with Crippen molar-refractivity contribution >= 4 is 11.6 Å². The zero-order chi connectivity index (χ0) is 10.1. The minimum atomic E-state index is 0.0139. The van der Waals surface area contributed by atoms with Crippen LogP contribution in [0.3, 0.4) is 0 Å². The van der Waals surface area contributed by atoms with Gasteiger partial charge in [0, 0.05) is 12.5 Å². The predicted octanol–water partition coefficient (Wildman–Crippen LogP) is 2.44. The van der Waals surface area contributed by atoms with Gasteiger partial charge in [-0.05, 0) is 39.2 Å². The number of Topliss-reactive ketones (excluding diaryl/α,β-unsaturated/α-hetero) is 1. The third-order valence-electron chi connectivity index (χ3n) is 1.53. The van der Waals surface area contributed by atoms with Gasteiger partial charge in [0.15, 0.2) is 5.78 Å². The van der Waals surface area contributed by atoms with E-state index in [1.807, 2.05) is 6.08 Å². The topological polar surface area (TPSA) is 34.1 Å². The van der Waals surface area contributed by atoms with Crippen LogP contribution >= 0.6 is 0 Å². The molecule has 0 heterocycles. The maximum atomic E-state index is 10.5. The Hall–Kier alpha value is -1.14. The number of ketones is 2. The second kappa shape index (κ2) is 7.51. The van der Waals surface area contributed by atoms with E-state index in [0.29, 0.717) is 6.42 Å². The quantitative estimate of drug-likeness (QED) is 0.357. The summed E-state index contributed by atoms with van der Waals surface area (Å²) in [5, 5.41) is 0. The highest BCUT2D eigenvalue weighted by Crippen LogP contribution is 2.00. The summed E-state index contributed by atoms with van der Waals surface area (Å²) in [4.78, 5) is 21.0. The number of carbonyl (C=O) groups is 2. The Balaban J connectivity index is 3.40. The summed E-state index contributed by atoms with van der Waals surface area (Å²) >= 11 is 0. The number of unbranched alkanes of at least 4 members (excludes halogenated alkanes) is 2. The average Bonchev–Trinajstić information content (AvgIpc) is 2.01. The van der Waals surface area contributed by atoms with Crippen LogP contribution in [0.5, 0.6) is 0 Å². The fraction of sp³-hybridized carbons (Fsp3) is 0.545. The molecule has 0 unspecified atom stereocenters. The number of hydrogen-bond acceptors (Lipinski definition) is 2. The molecule has 2 heteroatoms. The largest absolute Gasteiger partial charge is 0.300 e. The number of hydrogen-bond donors (Lipinski definition) is 0. The molecule has 13 heavy (non-hydrogen) atoms. The third kappa shape index (κ3) is 10.9. The van der Waals surface area contributed by atoms with Gasteiger partial charge in [0.2, 0.25) is 0 Å². The molecule has 0 aliphatic rings. The van der Waals surface area contributed by atoms with E-state index < -0.39 is 0 Å². The Morgan fingerprint density at radius 2 is 1.92 bits per heavy atom. The summed E-state index contributed by atoms with van der Waals surface area (Å²) in [6.45, 7) is 3.10. The molecule has 0 aromatic heterocycles. The summed E-state index contributed by atoms with van der Waals surface area (Å²) in [7, 11) is 0. The zero-order valence-electron chi connectivity index (χ0n) is 8.30. The normalized spacial score (nSPS) is 8.77. The maximum Gasteiger partial charge on any atom is 0.160 e. The van der Waals surface area contributed by atoms with Gasteiger partial charge in [-0.1, -0.05) is 0 Å². The van der Waals surface area contributed by atoms with Gasteiger partial charge < -0.3 is 4.79 Å². The van der Waals surface area contributed by atoms with Gasteiger partial charge in [0.25, 0.3) is 0 Å². The minimum absolute atomic E-state index is 0.0139. The first-order valence-corrected chi connectivity index (χ1v) is 4.54. The molecule has 0 aliphatic carbocycles. The highest BCUT2D eigenvalue weighted by atomic mass is 16.1. The molecule has 0 atom stereocenters. The van der Waals surface area contributed by atoms with Gasteiger partial charge in [-0.3, -0.25) is 4.79 Å². The van der Waals surface area contributed by atoms with E-state index in [4.69, 9.17) is 0 Å². The second-order valence-corrected chi connectivity index (χ2v) is 3.07. The van der Waals surface area contributed by atoms with Crippen molar-refractivity contribution in [2.24, 2.45) is 0 Å². The van der Waals surface area contributed by atoms with Crippen molar-refractivity contribution in [2.45, 2.75) is 39.5 Å². The zero-order valence-corrected chi connectivity index (χ0v) is 8.30. The van der Waals surface area contributed by atoms with E-state index in [-0.39, 0.29) is 11.6 Å². The van der Waals surface area contributed by atoms with E-state index in [0.717, 1.165) is 19.3 Å². The van der Waals surface area contributed by atoms with Crippen LogP contribution in [0.2, 0.25) is 0 Å². The Bertz CT molecular complexity index is 232. The number of carbonyl (C=O) groups excluding carboxylic acids is 2. The first-order chi connectivity index (χ1) is 6.13. The average molecular weight is 180 g/mol. The highest BCUT2D eigenvalue weighted by Gasteiger charge is 1.91. The molecular weight excluding hydrogens is 164 g/mol. The molecule has 0 bridgehead atoms. The van der Waals surface area contributed by atoms with E-state index >= 15 is 0 Å². The monoisotopic (exact) mass is 180 g/mol. The lowest BCUT2D eigenvalue weighted by Crippen LogP contribution is -1.88. The fourth-order valence-electron chi connectivity index (χ4n) is 0.880. The summed E-state index contributed by atoms with van der Waals surface area (Å²) < 4.78 is 0. The van der Waals surface area contributed by atoms with Crippen LogP contribution in [0.15, 0.2) is 17.9 Å². The lowest BCUT2D eigenvalue weighted by Gasteiger charge is -1.91. The molecular formula is C11H16O2. The van der Waals surface area contributed by atoms with Gasteiger partial charge in [-0.2, -0.15) is 0 Å². The molecule has 0 rings (SSSR count). The molecule has 72 valence electrons. The first-order valence-electron chi connectivity index (χ1n) is 4.54. The summed E-state index contributed by atoms with van der Waals surface area (Å²) in [6.07, 6.45) is 6.71. The fourth-order valence-corrected chi connectivity index (χ4v) is 0.880. The molecule has 0 spiro atoms. The molecule has 0 N–H and O–H groups in total. The lowest BCUT2D eigenvalue weighted by atomic mass is 10.1. The molecule has 0 saturated carbocycles. The minimum Gasteiger partial charge on any atom is -0.300 e. The summed E-state index contributed by atoms with van der Waals surface area (Å²) in [5.41, 5.74) is 2.79. The van der Waals surface area contributed by atoms with Crippen LogP contribution in [-0.4, -0.2) is 11.6 Å². The molecule has 0 fully saturated rings. The summed E-state index contributed by atoms with van der Waals surface area (Å²) in [5.74, 6) is 0.253. The molecule has 0 aromatic rings. The van der Waals surface area contributed by atoms with Crippen molar-refractivity contribution in [3.8, 4) is 0 Å². The van der Waals surface area contributed by atoms with Crippen molar-refractivity contribution in [1.29, 1.82) is 0 Å². The molecule has 0 saturated heterocycles. The molecule has 0 amide bonds. The van der Waals surface area contributed by atoms with Gasteiger partial charge in [-0.15, -0.1) is 5.73 Å². The van der Waals surface area contributed by atoms with Crippen LogP contribution in [0.1, 0.15) is 39.5 Å². The first kappa shape index (κ1) is 11.9. The van der Waals surface area contributed by atoms with Gasteiger partial charge in [0.05, 0.1) is 0 Å². The van der Waals surface area contributed by atoms with E-state index in [1.54, 1.807) is 6.92 Å². The molecule has 0 radical (unpaired) electrons. The number of rotatable bonds is 6. The van der Waals surface area contributed by atoms with Crippen molar-refractivity contribution in [3.05, 3.63) is 17.9 Å². The highest BCUT2D eigenvalue weighted by molar-refractivity contribution is 5.86. The van der Waals surface area contributed by atoms with Gasteiger partial charge in [-0.25, -0.2) is 0 Å². The van der Waals surface area contributed by atoms with E-state index in [1.165, 1.54) is 13.0 Å². The van der Waals surface area contributed by atoms with E-state index in [9.17, 15) is 9.59 Å². The molecule has 2 nitrogen and oxygen atoms in total. The van der Waals surface area contributed by atoms with Crippen molar-refractivity contribution in [1.82, 2.24) is 0 Å².